The highest BCUT2D eigenvalue weighted by Crippen LogP contribution is 2.56. The molecule has 4 rings (SSSR count). The Bertz CT molecular complexity index is 975. The Morgan fingerprint density at radius 2 is 1.59 bits per heavy atom. The van der Waals surface area contributed by atoms with Gasteiger partial charge in [-0.3, -0.25) is 19.3 Å². The van der Waals surface area contributed by atoms with E-state index >= 15 is 0 Å². The molecule has 0 unspecified atom stereocenters. The van der Waals surface area contributed by atoms with Gasteiger partial charge in [-0.15, -0.1) is 0 Å². The van der Waals surface area contributed by atoms with E-state index in [0.29, 0.717) is 11.3 Å². The average Bonchev–Trinajstić information content (AvgIpc) is 3.48. The summed E-state index contributed by atoms with van der Waals surface area (Å²) in [6.45, 7) is 4.91. The number of imide groups is 1. The van der Waals surface area contributed by atoms with E-state index < -0.39 is 30.5 Å². The number of carbonyl (C=O) groups is 5. The topological polar surface area (TPSA) is 119 Å². The van der Waals surface area contributed by atoms with Crippen molar-refractivity contribution in [2.24, 2.45) is 29.6 Å². The molecule has 1 aromatic rings. The second-order valence-corrected chi connectivity index (χ2v) is 9.57. The zero-order valence-corrected chi connectivity index (χ0v) is 19.6. The first-order valence-corrected chi connectivity index (χ1v) is 11.8. The van der Waals surface area contributed by atoms with E-state index in [9.17, 15) is 24.0 Å². The van der Waals surface area contributed by atoms with E-state index in [1.807, 2.05) is 0 Å². The van der Waals surface area contributed by atoms with Crippen molar-refractivity contribution in [3.8, 4) is 0 Å². The van der Waals surface area contributed by atoms with Crippen molar-refractivity contribution < 1.29 is 33.4 Å². The fraction of sp³-hybridized carbons (Fsp3) is 0.560. The molecule has 1 aromatic carbocycles. The smallest absolute Gasteiger partial charge is 0.338 e. The summed E-state index contributed by atoms with van der Waals surface area (Å²) in [6, 6.07) is 5.06. The highest BCUT2D eigenvalue weighted by Gasteiger charge is 2.62. The van der Waals surface area contributed by atoms with Gasteiger partial charge in [0.25, 0.3) is 5.91 Å². The minimum atomic E-state index is -1.05. The van der Waals surface area contributed by atoms with Gasteiger partial charge in [0.1, 0.15) is 6.04 Å². The number of nitrogens with zero attached hydrogens (tertiary/aromatic N) is 1. The molecule has 9 heteroatoms. The maximum absolute atomic E-state index is 13.1. The lowest BCUT2D eigenvalue weighted by molar-refractivity contribution is -0.162. The largest absolute Gasteiger partial charge is 0.462 e. The minimum absolute atomic E-state index is 0.223. The molecule has 34 heavy (non-hydrogen) atoms. The summed E-state index contributed by atoms with van der Waals surface area (Å²) < 4.78 is 10.1. The van der Waals surface area contributed by atoms with E-state index in [2.05, 4.69) is 5.32 Å². The van der Waals surface area contributed by atoms with Gasteiger partial charge < -0.3 is 14.8 Å². The lowest BCUT2D eigenvalue weighted by Gasteiger charge is -2.28. The predicted molar refractivity (Wildman–Crippen MR) is 120 cm³/mol. The van der Waals surface area contributed by atoms with Crippen molar-refractivity contribution >= 4 is 35.3 Å². The molecular weight excluding hydrogens is 440 g/mol. The van der Waals surface area contributed by atoms with Crippen molar-refractivity contribution in [2.45, 2.75) is 46.1 Å². The Morgan fingerprint density at radius 3 is 2.12 bits per heavy atom. The van der Waals surface area contributed by atoms with Crippen molar-refractivity contribution in [1.29, 1.82) is 0 Å². The predicted octanol–water partition coefficient (Wildman–Crippen LogP) is 2.40. The number of fused-ring (bicyclic) bond motifs is 5. The summed E-state index contributed by atoms with van der Waals surface area (Å²) >= 11 is 0. The highest BCUT2D eigenvalue weighted by molar-refractivity contribution is 6.08. The molecule has 2 bridgehead atoms. The van der Waals surface area contributed by atoms with Crippen LogP contribution in [0.4, 0.5) is 5.69 Å². The Labute approximate surface area is 198 Å². The molecule has 1 saturated heterocycles. The first kappa shape index (κ1) is 23.9. The Kier molecular flexibility index (Phi) is 6.72. The monoisotopic (exact) mass is 470 g/mol. The highest BCUT2D eigenvalue weighted by atomic mass is 16.5. The van der Waals surface area contributed by atoms with Crippen LogP contribution in [0.25, 0.3) is 0 Å². The van der Waals surface area contributed by atoms with E-state index in [-0.39, 0.29) is 48.0 Å². The number of likely N-dealkylation sites (tertiary alicyclic amines) is 1. The van der Waals surface area contributed by atoms with Crippen LogP contribution in [-0.2, 0) is 28.7 Å². The fourth-order valence-electron chi connectivity index (χ4n) is 5.70. The number of hydrogen-bond donors (Lipinski definition) is 1. The van der Waals surface area contributed by atoms with Crippen LogP contribution in [0.2, 0.25) is 0 Å². The van der Waals surface area contributed by atoms with E-state index in [1.165, 1.54) is 24.3 Å². The summed E-state index contributed by atoms with van der Waals surface area (Å²) in [5, 5.41) is 2.59. The third-order valence-corrected chi connectivity index (χ3v) is 7.14. The van der Waals surface area contributed by atoms with Crippen LogP contribution in [0.3, 0.4) is 0 Å². The number of amides is 3. The molecule has 3 fully saturated rings. The normalized spacial score (nSPS) is 25.9. The molecule has 2 saturated carbocycles. The average molecular weight is 471 g/mol. The molecule has 0 radical (unpaired) electrons. The van der Waals surface area contributed by atoms with Crippen LogP contribution < -0.4 is 5.32 Å². The number of ether oxygens (including phenoxy) is 2. The second-order valence-electron chi connectivity index (χ2n) is 9.57. The van der Waals surface area contributed by atoms with Crippen LogP contribution in [0.15, 0.2) is 24.3 Å². The number of carbonyl (C=O) groups excluding carboxylic acids is 5. The molecule has 0 spiro atoms. The summed E-state index contributed by atoms with van der Waals surface area (Å²) in [5.74, 6) is -2.89. The maximum Gasteiger partial charge on any atom is 0.338 e. The maximum atomic E-state index is 13.1. The van der Waals surface area contributed by atoms with Crippen molar-refractivity contribution in [2.75, 3.05) is 18.5 Å². The third-order valence-electron chi connectivity index (χ3n) is 7.14. The number of hydrogen-bond acceptors (Lipinski definition) is 7. The third kappa shape index (κ3) is 4.31. The molecule has 1 heterocycles. The van der Waals surface area contributed by atoms with E-state index in [0.717, 1.165) is 24.2 Å². The standard InChI is InChI=1S/C25H30N2O7/c1-4-33-24(31)14-7-9-17(10-8-14)26-18(28)12-34-25(32)21(13(2)3)27-22(29)19-15-5-6-16(11-15)20(19)23(27)30/h7-10,13,15-16,19-21H,4-6,11-12H2,1-3H3,(H,26,28)/t15-,16-,19-,20-,21-/m0/s1. The Morgan fingerprint density at radius 1 is 1.00 bits per heavy atom. The lowest BCUT2D eigenvalue weighted by atomic mass is 9.81. The molecule has 5 atom stereocenters. The van der Waals surface area contributed by atoms with Crippen LogP contribution >= 0.6 is 0 Å². The number of rotatable bonds is 8. The summed E-state index contributed by atoms with van der Waals surface area (Å²) in [5.41, 5.74) is 0.770. The zero-order valence-electron chi connectivity index (χ0n) is 19.6. The molecule has 1 N–H and O–H groups in total. The number of anilines is 1. The van der Waals surface area contributed by atoms with Crippen molar-refractivity contribution in [3.05, 3.63) is 29.8 Å². The van der Waals surface area contributed by atoms with E-state index in [1.54, 1.807) is 20.8 Å². The first-order chi connectivity index (χ1) is 16.2. The number of nitrogens with one attached hydrogen (secondary N) is 1. The molecule has 3 amide bonds. The van der Waals surface area contributed by atoms with E-state index in [4.69, 9.17) is 9.47 Å². The second kappa shape index (κ2) is 9.56. The number of benzene rings is 1. The molecule has 9 nitrogen and oxygen atoms in total. The molecule has 182 valence electrons. The van der Waals surface area contributed by atoms with Crippen LogP contribution in [0, 0.1) is 29.6 Å². The summed E-state index contributed by atoms with van der Waals surface area (Å²) in [4.78, 5) is 64.3. The first-order valence-electron chi connectivity index (χ1n) is 11.8. The molecule has 0 aromatic heterocycles. The van der Waals surface area contributed by atoms with Gasteiger partial charge in [-0.2, -0.15) is 0 Å². The van der Waals surface area contributed by atoms with Gasteiger partial charge in [0.05, 0.1) is 24.0 Å². The fourth-order valence-corrected chi connectivity index (χ4v) is 5.70. The lowest BCUT2D eigenvalue weighted by Crippen LogP contribution is -2.50. The summed E-state index contributed by atoms with van der Waals surface area (Å²) in [6.07, 6.45) is 2.82. The Balaban J connectivity index is 1.35. The minimum Gasteiger partial charge on any atom is -0.462 e. The van der Waals surface area contributed by atoms with Gasteiger partial charge in [0, 0.05) is 5.69 Å². The Hall–Kier alpha value is -3.23. The quantitative estimate of drug-likeness (QED) is 0.458. The number of esters is 2. The van der Waals surface area contributed by atoms with Crippen LogP contribution in [0.1, 0.15) is 50.4 Å². The summed E-state index contributed by atoms with van der Waals surface area (Å²) in [7, 11) is 0. The molecular formula is C25H30N2O7. The van der Waals surface area contributed by atoms with Gasteiger partial charge in [0.2, 0.25) is 11.8 Å². The van der Waals surface area contributed by atoms with Crippen molar-refractivity contribution in [1.82, 2.24) is 4.90 Å². The SMILES string of the molecule is CCOC(=O)c1ccc(NC(=O)COC(=O)[C@H](C(C)C)N2C(=O)[C@H]3[C@H]4CC[C@@H](C4)[C@@H]3C2=O)cc1. The molecule has 3 aliphatic rings. The van der Waals surface area contributed by atoms with Gasteiger partial charge in [-0.25, -0.2) is 9.59 Å². The van der Waals surface area contributed by atoms with Gasteiger partial charge in [0.15, 0.2) is 6.61 Å². The zero-order chi connectivity index (χ0) is 24.6. The molecule has 2 aliphatic carbocycles. The van der Waals surface area contributed by atoms with Gasteiger partial charge in [-0.05, 0) is 68.2 Å². The van der Waals surface area contributed by atoms with Crippen LogP contribution in [0.5, 0.6) is 0 Å². The van der Waals surface area contributed by atoms with Crippen molar-refractivity contribution in [3.63, 3.8) is 0 Å². The van der Waals surface area contributed by atoms with Crippen LogP contribution in [-0.4, -0.2) is 53.8 Å². The van der Waals surface area contributed by atoms with Gasteiger partial charge in [-0.1, -0.05) is 13.8 Å². The van der Waals surface area contributed by atoms with Gasteiger partial charge >= 0.3 is 11.9 Å². The molecule has 1 aliphatic heterocycles.